The number of hydrogen-bond donors (Lipinski definition) is 0. The van der Waals surface area contributed by atoms with Crippen molar-refractivity contribution in [2.24, 2.45) is 4.99 Å². The van der Waals surface area contributed by atoms with Gasteiger partial charge in [0.15, 0.2) is 0 Å². The third kappa shape index (κ3) is 6.93. The zero-order valence-electron chi connectivity index (χ0n) is 10.9. The molecule has 2 heteroatoms. The molecule has 0 N–H and O–H groups in total. The smallest absolute Gasteiger partial charge is 0.0302 e. The van der Waals surface area contributed by atoms with Crippen LogP contribution >= 0.6 is 0 Å². The van der Waals surface area contributed by atoms with Gasteiger partial charge in [-0.1, -0.05) is 26.0 Å². The molecule has 0 atom stereocenters. The minimum Gasteiger partial charge on any atom is -0.297 e. The molecule has 0 saturated carbocycles. The van der Waals surface area contributed by atoms with Crippen molar-refractivity contribution in [3.8, 4) is 0 Å². The van der Waals surface area contributed by atoms with E-state index in [1.165, 1.54) is 11.1 Å². The number of rotatable bonds is 2. The molecule has 0 spiro atoms. The van der Waals surface area contributed by atoms with E-state index < -0.39 is 0 Å². The maximum atomic E-state index is 4.11. The Balaban J connectivity index is 0.000000325. The lowest BCUT2D eigenvalue weighted by atomic mass is 10.0. The molecule has 0 unspecified atom stereocenters. The zero-order chi connectivity index (χ0) is 12.4. The van der Waals surface area contributed by atoms with E-state index in [1.54, 1.807) is 13.3 Å². The lowest BCUT2D eigenvalue weighted by Crippen LogP contribution is -1.88. The van der Waals surface area contributed by atoms with Crippen molar-refractivity contribution in [3.05, 3.63) is 41.7 Å². The van der Waals surface area contributed by atoms with Crippen molar-refractivity contribution in [1.29, 1.82) is 0 Å². The molecule has 16 heavy (non-hydrogen) atoms. The van der Waals surface area contributed by atoms with E-state index in [-0.39, 0.29) is 0 Å². The number of aliphatic imine (C=N–C) groups is 1. The second-order valence-corrected chi connectivity index (χ2v) is 3.88. The van der Waals surface area contributed by atoms with Gasteiger partial charge in [-0.05, 0) is 37.0 Å². The summed E-state index contributed by atoms with van der Waals surface area (Å²) < 4.78 is 0. The van der Waals surface area contributed by atoms with Crippen LogP contribution in [0.2, 0.25) is 0 Å². The normalized spacial score (nSPS) is 10.9. The van der Waals surface area contributed by atoms with Crippen LogP contribution < -0.4 is 0 Å². The second kappa shape index (κ2) is 8.84. The first-order valence-electron chi connectivity index (χ1n) is 5.56. The number of hydrogen-bond acceptors (Lipinski definition) is 2. The highest BCUT2D eigenvalue weighted by Crippen LogP contribution is 2.12. The molecular weight excluding hydrogens is 196 g/mol. The topological polar surface area (TPSA) is 25.2 Å². The Bertz CT molecular complexity index is 328. The summed E-state index contributed by atoms with van der Waals surface area (Å²) in [5, 5.41) is 0. The Morgan fingerprint density at radius 2 is 2.00 bits per heavy atom. The summed E-state index contributed by atoms with van der Waals surface area (Å²) in [4.78, 5) is 7.82. The van der Waals surface area contributed by atoms with Gasteiger partial charge in [-0.2, -0.15) is 0 Å². The number of allylic oxidation sites excluding steroid dienone is 2. The van der Waals surface area contributed by atoms with Gasteiger partial charge in [0.05, 0.1) is 0 Å². The third-order valence-electron chi connectivity index (χ3n) is 1.99. The van der Waals surface area contributed by atoms with Crippen LogP contribution in [0.4, 0.5) is 0 Å². The highest BCUT2D eigenvalue weighted by molar-refractivity contribution is 5.70. The number of nitrogens with zero attached hydrogens (tertiary/aromatic N) is 2. The summed E-state index contributed by atoms with van der Waals surface area (Å²) in [5.74, 6) is 0.590. The Morgan fingerprint density at radius 1 is 1.31 bits per heavy atom. The van der Waals surface area contributed by atoms with E-state index in [2.05, 4.69) is 36.8 Å². The first-order chi connectivity index (χ1) is 7.61. The number of aryl methyl sites for hydroxylation is 1. The molecule has 0 aliphatic heterocycles. The van der Waals surface area contributed by atoms with Crippen molar-refractivity contribution in [2.45, 2.75) is 33.6 Å². The Morgan fingerprint density at radius 3 is 2.31 bits per heavy atom. The van der Waals surface area contributed by atoms with Crippen molar-refractivity contribution in [2.75, 3.05) is 7.05 Å². The van der Waals surface area contributed by atoms with E-state index in [1.807, 2.05) is 31.5 Å². The molecule has 0 fully saturated rings. The predicted octanol–water partition coefficient (Wildman–Crippen LogP) is 3.78. The molecule has 0 aromatic carbocycles. The minimum absolute atomic E-state index is 0.590. The SMILES string of the molecule is C/C=C\C=NC.Cc1cncc(C(C)C)c1. The first kappa shape index (κ1) is 14.6. The lowest BCUT2D eigenvalue weighted by Gasteiger charge is -2.03. The Kier molecular flexibility index (Phi) is 8.04. The maximum Gasteiger partial charge on any atom is 0.0302 e. The molecule has 0 amide bonds. The Hall–Kier alpha value is -1.44. The van der Waals surface area contributed by atoms with Crippen LogP contribution in [0.5, 0.6) is 0 Å². The summed E-state index contributed by atoms with van der Waals surface area (Å²) in [6.07, 6.45) is 9.39. The molecule has 1 aromatic rings. The number of aromatic nitrogens is 1. The van der Waals surface area contributed by atoms with Crippen molar-refractivity contribution in [1.82, 2.24) is 4.98 Å². The van der Waals surface area contributed by atoms with Gasteiger partial charge < -0.3 is 0 Å². The maximum absolute atomic E-state index is 4.11. The molecule has 1 rings (SSSR count). The van der Waals surface area contributed by atoms with Gasteiger partial charge in [0.2, 0.25) is 0 Å². The molecule has 0 saturated heterocycles. The van der Waals surface area contributed by atoms with Gasteiger partial charge in [-0.15, -0.1) is 0 Å². The van der Waals surface area contributed by atoms with E-state index in [9.17, 15) is 0 Å². The standard InChI is InChI=1S/C9H13N.C5H9N/c1-7(2)9-4-8(3)5-10-6-9;1-3-4-5-6-2/h4-7H,1-3H3;3-5H,1-2H3/b;4-3-,6-5?. The first-order valence-corrected chi connectivity index (χ1v) is 5.56. The zero-order valence-corrected chi connectivity index (χ0v) is 10.9. The summed E-state index contributed by atoms with van der Waals surface area (Å²) in [7, 11) is 1.75. The van der Waals surface area contributed by atoms with Crippen LogP contribution in [-0.4, -0.2) is 18.2 Å². The average molecular weight is 218 g/mol. The molecule has 88 valence electrons. The van der Waals surface area contributed by atoms with Gasteiger partial charge in [-0.3, -0.25) is 9.98 Å². The van der Waals surface area contributed by atoms with Gasteiger partial charge in [0, 0.05) is 25.7 Å². The summed E-state index contributed by atoms with van der Waals surface area (Å²) in [6.45, 7) is 8.38. The fourth-order valence-corrected chi connectivity index (χ4v) is 1.07. The molecule has 0 radical (unpaired) electrons. The monoisotopic (exact) mass is 218 g/mol. The van der Waals surface area contributed by atoms with Crippen LogP contribution in [0.3, 0.4) is 0 Å². The van der Waals surface area contributed by atoms with Crippen LogP contribution in [0.25, 0.3) is 0 Å². The quantitative estimate of drug-likeness (QED) is 0.693. The van der Waals surface area contributed by atoms with Crippen LogP contribution in [-0.2, 0) is 0 Å². The van der Waals surface area contributed by atoms with E-state index in [0.717, 1.165) is 0 Å². The van der Waals surface area contributed by atoms with Crippen molar-refractivity contribution < 1.29 is 0 Å². The largest absolute Gasteiger partial charge is 0.297 e. The van der Waals surface area contributed by atoms with Gasteiger partial charge in [0.1, 0.15) is 0 Å². The summed E-state index contributed by atoms with van der Waals surface area (Å²) >= 11 is 0. The van der Waals surface area contributed by atoms with E-state index >= 15 is 0 Å². The highest BCUT2D eigenvalue weighted by Gasteiger charge is 1.97. The highest BCUT2D eigenvalue weighted by atomic mass is 14.6. The second-order valence-electron chi connectivity index (χ2n) is 3.88. The molecule has 1 heterocycles. The fourth-order valence-electron chi connectivity index (χ4n) is 1.07. The van der Waals surface area contributed by atoms with E-state index in [4.69, 9.17) is 0 Å². The van der Waals surface area contributed by atoms with Crippen LogP contribution in [0, 0.1) is 6.92 Å². The predicted molar refractivity (Wildman–Crippen MR) is 72.3 cm³/mol. The molecule has 0 aliphatic carbocycles. The molecule has 0 bridgehead atoms. The molecule has 0 aliphatic rings. The summed E-state index contributed by atoms with van der Waals surface area (Å²) in [5.41, 5.74) is 2.56. The van der Waals surface area contributed by atoms with Crippen LogP contribution in [0.1, 0.15) is 37.8 Å². The van der Waals surface area contributed by atoms with E-state index in [0.29, 0.717) is 5.92 Å². The molecule has 1 aromatic heterocycles. The van der Waals surface area contributed by atoms with Crippen molar-refractivity contribution >= 4 is 6.21 Å². The third-order valence-corrected chi connectivity index (χ3v) is 1.99. The average Bonchev–Trinajstić information content (AvgIpc) is 2.27. The molecule has 2 nitrogen and oxygen atoms in total. The fraction of sp³-hybridized carbons (Fsp3) is 0.429. The molecular formula is C14H22N2. The van der Waals surface area contributed by atoms with Gasteiger partial charge in [-0.25, -0.2) is 0 Å². The minimum atomic E-state index is 0.590. The summed E-state index contributed by atoms with van der Waals surface area (Å²) in [6, 6.07) is 2.18. The Labute approximate surface area is 99.1 Å². The van der Waals surface area contributed by atoms with Gasteiger partial charge in [0.25, 0.3) is 0 Å². The van der Waals surface area contributed by atoms with Gasteiger partial charge >= 0.3 is 0 Å². The van der Waals surface area contributed by atoms with Crippen molar-refractivity contribution in [3.63, 3.8) is 0 Å². The lowest BCUT2D eigenvalue weighted by molar-refractivity contribution is 0.855. The van der Waals surface area contributed by atoms with Crippen LogP contribution in [0.15, 0.2) is 35.6 Å². The number of pyridine rings is 1.